The lowest BCUT2D eigenvalue weighted by molar-refractivity contribution is 0.408. The van der Waals surface area contributed by atoms with E-state index in [1.807, 2.05) is 25.1 Å². The Morgan fingerprint density at radius 1 is 1.58 bits per heavy atom. The van der Waals surface area contributed by atoms with Gasteiger partial charge in [0, 0.05) is 5.69 Å². The molecule has 0 aliphatic carbocycles. The zero-order chi connectivity index (χ0) is 8.97. The number of aryl methyl sites for hydroxylation is 1. The molecule has 62 valence electrons. The van der Waals surface area contributed by atoms with E-state index in [9.17, 15) is 0 Å². The molecule has 0 amide bonds. The van der Waals surface area contributed by atoms with Crippen LogP contribution in [0.25, 0.3) is 0 Å². The fraction of sp³-hybridized carbons (Fsp3) is 0.333. The molecule has 0 saturated carbocycles. The molecular formula is C9H10N2O. The maximum absolute atomic E-state index is 8.48. The topological polar surface area (TPSA) is 45.9 Å². The molecule has 0 atom stereocenters. The first kappa shape index (κ1) is 8.54. The monoisotopic (exact) mass is 162 g/mol. The molecule has 1 rings (SSSR count). The summed E-state index contributed by atoms with van der Waals surface area (Å²) in [5.74, 6) is 0.683. The fourth-order valence-electron chi connectivity index (χ4n) is 0.985. The first-order chi connectivity index (χ1) is 5.77. The molecule has 0 fully saturated rings. The van der Waals surface area contributed by atoms with Crippen molar-refractivity contribution in [2.24, 2.45) is 0 Å². The molecular weight excluding hydrogens is 152 g/mol. The molecule has 3 nitrogen and oxygen atoms in total. The van der Waals surface area contributed by atoms with Crippen molar-refractivity contribution in [1.29, 1.82) is 5.26 Å². The molecule has 1 aromatic rings. The second-order valence-corrected chi connectivity index (χ2v) is 2.44. The summed E-state index contributed by atoms with van der Waals surface area (Å²) < 4.78 is 5.04. The summed E-state index contributed by atoms with van der Waals surface area (Å²) in [6, 6.07) is 5.73. The predicted octanol–water partition coefficient (Wildman–Crippen LogP) is 1.46. The molecule has 0 saturated heterocycles. The van der Waals surface area contributed by atoms with Gasteiger partial charge in [-0.25, -0.2) is 0 Å². The highest BCUT2D eigenvalue weighted by molar-refractivity contribution is 5.30. The van der Waals surface area contributed by atoms with Crippen LogP contribution in [0.3, 0.4) is 0 Å². The van der Waals surface area contributed by atoms with Gasteiger partial charge in [0.25, 0.3) is 0 Å². The summed E-state index contributed by atoms with van der Waals surface area (Å²) in [4.78, 5) is 4.19. The van der Waals surface area contributed by atoms with E-state index in [1.165, 1.54) is 0 Å². The second-order valence-electron chi connectivity index (χ2n) is 2.44. The van der Waals surface area contributed by atoms with Crippen molar-refractivity contribution in [2.45, 2.75) is 13.3 Å². The van der Waals surface area contributed by atoms with Crippen LogP contribution in [-0.4, -0.2) is 12.1 Å². The Labute approximate surface area is 71.6 Å². The highest BCUT2D eigenvalue weighted by Gasteiger charge is 2.02. The Morgan fingerprint density at radius 2 is 2.33 bits per heavy atom. The Bertz CT molecular complexity index is 315. The van der Waals surface area contributed by atoms with E-state index in [-0.39, 0.29) is 0 Å². The molecule has 0 radical (unpaired) electrons. The molecule has 1 aromatic heterocycles. The fourth-order valence-corrected chi connectivity index (χ4v) is 0.985. The van der Waals surface area contributed by atoms with Gasteiger partial charge in [-0.2, -0.15) is 5.26 Å². The van der Waals surface area contributed by atoms with Crippen LogP contribution in [0.1, 0.15) is 11.4 Å². The lowest BCUT2D eigenvalue weighted by Crippen LogP contribution is -1.95. The molecule has 0 N–H and O–H groups in total. The summed E-state index contributed by atoms with van der Waals surface area (Å²) in [7, 11) is 1.58. The number of nitriles is 1. The maximum Gasteiger partial charge on any atom is 0.141 e. The number of rotatable bonds is 2. The summed E-state index contributed by atoms with van der Waals surface area (Å²) in [6.07, 6.45) is 0.296. The van der Waals surface area contributed by atoms with E-state index < -0.39 is 0 Å². The van der Waals surface area contributed by atoms with Gasteiger partial charge in [-0.05, 0) is 19.1 Å². The van der Waals surface area contributed by atoms with Crippen LogP contribution in [0, 0.1) is 18.3 Å². The number of methoxy groups -OCH3 is 1. The Balaban J connectivity index is 3.05. The molecule has 0 aliphatic rings. The summed E-state index contributed by atoms with van der Waals surface area (Å²) in [5, 5.41) is 8.48. The van der Waals surface area contributed by atoms with Gasteiger partial charge in [-0.1, -0.05) is 0 Å². The van der Waals surface area contributed by atoms with E-state index in [0.717, 1.165) is 5.69 Å². The van der Waals surface area contributed by atoms with Crippen molar-refractivity contribution in [3.8, 4) is 11.8 Å². The first-order valence-electron chi connectivity index (χ1n) is 3.65. The third kappa shape index (κ3) is 1.73. The van der Waals surface area contributed by atoms with Crippen LogP contribution in [0.4, 0.5) is 0 Å². The standard InChI is InChI=1S/C9H10N2O/c1-7-3-4-9(12-2)8(11-7)5-6-10/h3-4H,5H2,1-2H3. The molecule has 0 unspecified atom stereocenters. The van der Waals surface area contributed by atoms with Crippen molar-refractivity contribution in [2.75, 3.05) is 7.11 Å². The third-order valence-corrected chi connectivity index (χ3v) is 1.54. The first-order valence-corrected chi connectivity index (χ1v) is 3.65. The van der Waals surface area contributed by atoms with Crippen LogP contribution >= 0.6 is 0 Å². The van der Waals surface area contributed by atoms with Gasteiger partial charge < -0.3 is 4.74 Å². The van der Waals surface area contributed by atoms with Crippen LogP contribution in [0.5, 0.6) is 5.75 Å². The van der Waals surface area contributed by atoms with Gasteiger partial charge >= 0.3 is 0 Å². The minimum atomic E-state index is 0.296. The number of aromatic nitrogens is 1. The van der Waals surface area contributed by atoms with Gasteiger partial charge in [0.05, 0.1) is 25.3 Å². The molecule has 12 heavy (non-hydrogen) atoms. The molecule has 0 aliphatic heterocycles. The van der Waals surface area contributed by atoms with Crippen LogP contribution in [-0.2, 0) is 6.42 Å². The van der Waals surface area contributed by atoms with Crippen LogP contribution in [0.15, 0.2) is 12.1 Å². The summed E-state index contributed by atoms with van der Waals surface area (Å²) in [6.45, 7) is 1.89. The highest BCUT2D eigenvalue weighted by atomic mass is 16.5. The van der Waals surface area contributed by atoms with Gasteiger partial charge in [0.1, 0.15) is 5.75 Å². The maximum atomic E-state index is 8.48. The van der Waals surface area contributed by atoms with E-state index in [4.69, 9.17) is 10.00 Å². The van der Waals surface area contributed by atoms with Crippen molar-refractivity contribution >= 4 is 0 Å². The number of nitrogens with zero attached hydrogens (tertiary/aromatic N) is 2. The molecule has 0 bridgehead atoms. The Hall–Kier alpha value is -1.56. The average Bonchev–Trinajstić information content (AvgIpc) is 2.05. The SMILES string of the molecule is COc1ccc(C)nc1CC#N. The second kappa shape index (κ2) is 3.72. The van der Waals surface area contributed by atoms with E-state index in [1.54, 1.807) is 7.11 Å². The van der Waals surface area contributed by atoms with Crippen molar-refractivity contribution in [3.05, 3.63) is 23.5 Å². The molecule has 3 heteroatoms. The molecule has 1 heterocycles. The normalized spacial score (nSPS) is 9.08. The average molecular weight is 162 g/mol. The van der Waals surface area contributed by atoms with Gasteiger partial charge in [-0.3, -0.25) is 4.98 Å². The predicted molar refractivity (Wildman–Crippen MR) is 44.8 cm³/mol. The molecule has 0 aromatic carbocycles. The number of hydrogen-bond donors (Lipinski definition) is 0. The van der Waals surface area contributed by atoms with Crippen molar-refractivity contribution in [3.63, 3.8) is 0 Å². The van der Waals surface area contributed by atoms with E-state index >= 15 is 0 Å². The zero-order valence-electron chi connectivity index (χ0n) is 7.16. The van der Waals surface area contributed by atoms with Crippen molar-refractivity contribution in [1.82, 2.24) is 4.98 Å². The number of pyridine rings is 1. The van der Waals surface area contributed by atoms with E-state index in [0.29, 0.717) is 17.9 Å². The lowest BCUT2D eigenvalue weighted by Gasteiger charge is -2.04. The Morgan fingerprint density at radius 3 is 2.92 bits per heavy atom. The van der Waals surface area contributed by atoms with Gasteiger partial charge in [0.15, 0.2) is 0 Å². The quantitative estimate of drug-likeness (QED) is 0.661. The smallest absolute Gasteiger partial charge is 0.141 e. The van der Waals surface area contributed by atoms with Crippen LogP contribution in [0.2, 0.25) is 0 Å². The third-order valence-electron chi connectivity index (χ3n) is 1.54. The van der Waals surface area contributed by atoms with Crippen LogP contribution < -0.4 is 4.74 Å². The van der Waals surface area contributed by atoms with Gasteiger partial charge in [-0.15, -0.1) is 0 Å². The van der Waals surface area contributed by atoms with E-state index in [2.05, 4.69) is 4.98 Å². The molecule has 0 spiro atoms. The number of ether oxygens (including phenoxy) is 1. The summed E-state index contributed by atoms with van der Waals surface area (Å²) >= 11 is 0. The van der Waals surface area contributed by atoms with Crippen molar-refractivity contribution < 1.29 is 4.74 Å². The lowest BCUT2D eigenvalue weighted by atomic mass is 10.2. The highest BCUT2D eigenvalue weighted by Crippen LogP contribution is 2.16. The number of hydrogen-bond acceptors (Lipinski definition) is 3. The summed E-state index contributed by atoms with van der Waals surface area (Å²) in [5.41, 5.74) is 1.61. The zero-order valence-corrected chi connectivity index (χ0v) is 7.16. The minimum absolute atomic E-state index is 0.296. The van der Waals surface area contributed by atoms with Gasteiger partial charge in [0.2, 0.25) is 0 Å². The minimum Gasteiger partial charge on any atom is -0.495 e. The Kier molecular flexibility index (Phi) is 2.65. The largest absolute Gasteiger partial charge is 0.495 e.